The number of nitrogens with one attached hydrogen (secondary N) is 2. The summed E-state index contributed by atoms with van der Waals surface area (Å²) in [5.41, 5.74) is 4.63. The molecule has 1 amide bonds. The van der Waals surface area contributed by atoms with Crippen LogP contribution in [0.4, 0.5) is 0 Å². The quantitative estimate of drug-likeness (QED) is 0.514. The third-order valence-corrected chi connectivity index (χ3v) is 5.58. The van der Waals surface area contributed by atoms with Crippen molar-refractivity contribution >= 4 is 28.3 Å². The van der Waals surface area contributed by atoms with Crippen LogP contribution in [0.15, 0.2) is 58.7 Å². The largest absolute Gasteiger partial charge is 0.350 e. The molecule has 6 nitrogen and oxygen atoms in total. The van der Waals surface area contributed by atoms with E-state index < -0.39 is 0 Å². The zero-order chi connectivity index (χ0) is 20.2. The molecule has 4 rings (SSSR count). The molecule has 2 heterocycles. The van der Waals surface area contributed by atoms with Crippen LogP contribution in [0.5, 0.6) is 0 Å². The molecule has 4 aromatic rings. The van der Waals surface area contributed by atoms with E-state index in [0.717, 1.165) is 16.3 Å². The van der Waals surface area contributed by atoms with Gasteiger partial charge in [0.2, 0.25) is 5.91 Å². The molecule has 0 radical (unpaired) electrons. The fraction of sp³-hybridized carbons (Fsp3) is 0.182. The van der Waals surface area contributed by atoms with E-state index in [2.05, 4.69) is 33.3 Å². The molecule has 7 heteroatoms. The summed E-state index contributed by atoms with van der Waals surface area (Å²) >= 11 is 1.56. The van der Waals surface area contributed by atoms with Crippen LogP contribution >= 0.6 is 11.3 Å². The summed E-state index contributed by atoms with van der Waals surface area (Å²) in [6.07, 6.45) is 0.487. The first-order valence-electron chi connectivity index (χ1n) is 9.35. The molecule has 0 bridgehead atoms. The topological polar surface area (TPSA) is 87.7 Å². The van der Waals surface area contributed by atoms with E-state index >= 15 is 0 Å². The van der Waals surface area contributed by atoms with Gasteiger partial charge in [-0.25, -0.2) is 9.97 Å². The lowest BCUT2D eigenvalue weighted by molar-refractivity contribution is -0.121. The van der Waals surface area contributed by atoms with E-state index in [0.29, 0.717) is 23.3 Å². The Bertz CT molecular complexity index is 1230. The number of rotatable bonds is 6. The number of H-pyrrole nitrogens is 1. The lowest BCUT2D eigenvalue weighted by Gasteiger charge is -2.04. The third kappa shape index (κ3) is 4.41. The van der Waals surface area contributed by atoms with E-state index in [1.54, 1.807) is 17.4 Å². The van der Waals surface area contributed by atoms with Crippen LogP contribution in [-0.2, 0) is 17.8 Å². The molecular formula is C22H20N4O2S. The molecular weight excluding hydrogens is 384 g/mol. The maximum Gasteiger partial charge on any atom is 0.270 e. The molecule has 0 aliphatic heterocycles. The normalized spacial score (nSPS) is 10.9. The average Bonchev–Trinajstić information content (AvgIpc) is 3.20. The first-order valence-corrected chi connectivity index (χ1v) is 10.2. The van der Waals surface area contributed by atoms with Crippen LogP contribution in [0, 0.1) is 6.92 Å². The minimum absolute atomic E-state index is 0.134. The van der Waals surface area contributed by atoms with Gasteiger partial charge in [0.25, 0.3) is 5.56 Å². The lowest BCUT2D eigenvalue weighted by atomic mass is 10.1. The maximum absolute atomic E-state index is 12.2. The van der Waals surface area contributed by atoms with Crippen LogP contribution in [-0.4, -0.2) is 20.9 Å². The zero-order valence-corrected chi connectivity index (χ0v) is 16.8. The number of benzene rings is 2. The molecule has 2 aromatic heterocycles. The second-order valence-electron chi connectivity index (χ2n) is 6.77. The molecule has 0 fully saturated rings. The molecule has 29 heavy (non-hydrogen) atoms. The Labute approximate surface area is 171 Å². The van der Waals surface area contributed by atoms with Gasteiger partial charge >= 0.3 is 0 Å². The molecule has 2 N–H and O–H groups in total. The summed E-state index contributed by atoms with van der Waals surface area (Å²) in [6.45, 7) is 2.42. The highest BCUT2D eigenvalue weighted by Crippen LogP contribution is 2.26. The number of aromatic amines is 1. The predicted molar refractivity (Wildman–Crippen MR) is 115 cm³/mol. The summed E-state index contributed by atoms with van der Waals surface area (Å²) in [5.74, 6) is -0.134. The molecule has 0 unspecified atom stereocenters. The van der Waals surface area contributed by atoms with E-state index in [9.17, 15) is 9.59 Å². The number of carbonyl (C=O) groups is 1. The Morgan fingerprint density at radius 3 is 2.76 bits per heavy atom. The van der Waals surface area contributed by atoms with Crippen LogP contribution in [0.3, 0.4) is 0 Å². The van der Waals surface area contributed by atoms with Gasteiger partial charge in [-0.3, -0.25) is 9.59 Å². The number of fused-ring (bicyclic) bond motifs is 1. The Kier molecular flexibility index (Phi) is 5.48. The zero-order valence-electron chi connectivity index (χ0n) is 15.9. The van der Waals surface area contributed by atoms with Gasteiger partial charge in [0, 0.05) is 23.8 Å². The predicted octanol–water partition coefficient (Wildman–Crippen LogP) is 3.60. The van der Waals surface area contributed by atoms with Crippen molar-refractivity contribution < 1.29 is 4.79 Å². The lowest BCUT2D eigenvalue weighted by Crippen LogP contribution is -2.25. The third-order valence-electron chi connectivity index (χ3n) is 4.65. The fourth-order valence-corrected chi connectivity index (χ4v) is 3.98. The van der Waals surface area contributed by atoms with Crippen molar-refractivity contribution in [2.45, 2.75) is 26.3 Å². The van der Waals surface area contributed by atoms with E-state index in [1.165, 1.54) is 5.56 Å². The van der Waals surface area contributed by atoms with Gasteiger partial charge in [-0.1, -0.05) is 36.4 Å². The number of nitrogens with zero attached hydrogens (tertiary/aromatic N) is 2. The van der Waals surface area contributed by atoms with E-state index in [4.69, 9.17) is 0 Å². The summed E-state index contributed by atoms with van der Waals surface area (Å²) in [5, 5.41) is 5.77. The van der Waals surface area contributed by atoms with Gasteiger partial charge in [0.05, 0.1) is 23.3 Å². The number of hydrogen-bond donors (Lipinski definition) is 2. The molecule has 146 valence electrons. The van der Waals surface area contributed by atoms with Gasteiger partial charge in [-0.2, -0.15) is 0 Å². The molecule has 0 saturated heterocycles. The van der Waals surface area contributed by atoms with Gasteiger partial charge in [-0.05, 0) is 24.6 Å². The van der Waals surface area contributed by atoms with Gasteiger partial charge in [-0.15, -0.1) is 11.3 Å². The summed E-state index contributed by atoms with van der Waals surface area (Å²) < 4.78 is 0. The van der Waals surface area contributed by atoms with Crippen LogP contribution in [0.25, 0.3) is 21.6 Å². The van der Waals surface area contributed by atoms with Gasteiger partial charge < -0.3 is 10.3 Å². The van der Waals surface area contributed by atoms with Crippen LogP contribution in [0.1, 0.15) is 23.4 Å². The monoisotopic (exact) mass is 404 g/mol. The van der Waals surface area contributed by atoms with Crippen molar-refractivity contribution in [3.8, 4) is 10.6 Å². The van der Waals surface area contributed by atoms with Crippen LogP contribution < -0.4 is 10.9 Å². The standard InChI is InChI=1S/C22H20N4O2S/c1-14-6-2-3-7-16(14)22-24-15(13-29-22)12-23-20(27)11-10-19-21(28)26-18-9-5-4-8-17(18)25-19/h2-9,13H,10-12H2,1H3,(H,23,27)(H,26,28). The van der Waals surface area contributed by atoms with Crippen molar-refractivity contribution in [1.82, 2.24) is 20.3 Å². The smallest absolute Gasteiger partial charge is 0.270 e. The Balaban J connectivity index is 1.35. The van der Waals surface area contributed by atoms with Gasteiger partial charge in [0.1, 0.15) is 10.7 Å². The van der Waals surface area contributed by atoms with Crippen molar-refractivity contribution in [2.75, 3.05) is 0 Å². The molecule has 0 aliphatic rings. The first kappa shape index (κ1) is 19.0. The van der Waals surface area contributed by atoms with Crippen LogP contribution in [0.2, 0.25) is 0 Å². The number of aryl methyl sites for hydroxylation is 2. The first-order chi connectivity index (χ1) is 14.1. The number of thiazole rings is 1. The Morgan fingerprint density at radius 1 is 1.10 bits per heavy atom. The SMILES string of the molecule is Cc1ccccc1-c1nc(CNC(=O)CCc2nc3ccccc3[nH]c2=O)cs1. The molecule has 2 aromatic carbocycles. The average molecular weight is 404 g/mol. The molecule has 0 atom stereocenters. The minimum Gasteiger partial charge on any atom is -0.350 e. The second-order valence-corrected chi connectivity index (χ2v) is 7.62. The maximum atomic E-state index is 12.2. The summed E-state index contributed by atoms with van der Waals surface area (Å²) in [6, 6.07) is 15.4. The van der Waals surface area contributed by atoms with Crippen molar-refractivity contribution in [3.63, 3.8) is 0 Å². The summed E-state index contributed by atoms with van der Waals surface area (Å²) in [7, 11) is 0. The number of para-hydroxylation sites is 2. The number of amides is 1. The molecule has 0 spiro atoms. The Morgan fingerprint density at radius 2 is 1.90 bits per heavy atom. The second kappa shape index (κ2) is 8.36. The van der Waals surface area contributed by atoms with Crippen molar-refractivity contribution in [3.05, 3.63) is 81.2 Å². The minimum atomic E-state index is -0.251. The summed E-state index contributed by atoms with van der Waals surface area (Å²) in [4.78, 5) is 36.1. The van der Waals surface area contributed by atoms with Gasteiger partial charge in [0.15, 0.2) is 0 Å². The number of carbonyl (C=O) groups excluding carboxylic acids is 1. The Hall–Kier alpha value is -3.32. The van der Waals surface area contributed by atoms with E-state index in [1.807, 2.05) is 41.8 Å². The van der Waals surface area contributed by atoms with Crippen molar-refractivity contribution in [1.29, 1.82) is 0 Å². The number of hydrogen-bond acceptors (Lipinski definition) is 5. The number of aromatic nitrogens is 3. The highest BCUT2D eigenvalue weighted by molar-refractivity contribution is 7.13. The van der Waals surface area contributed by atoms with Crippen molar-refractivity contribution in [2.24, 2.45) is 0 Å². The highest BCUT2D eigenvalue weighted by Gasteiger charge is 2.10. The fourth-order valence-electron chi connectivity index (χ4n) is 3.07. The highest BCUT2D eigenvalue weighted by atomic mass is 32.1. The molecule has 0 aliphatic carbocycles. The molecule has 0 saturated carbocycles. The van der Waals surface area contributed by atoms with E-state index in [-0.39, 0.29) is 24.3 Å².